The van der Waals surface area contributed by atoms with Crippen molar-refractivity contribution in [2.45, 2.75) is 19.9 Å². The number of hydrogen-bond acceptors (Lipinski definition) is 3. The van der Waals surface area contributed by atoms with Crippen molar-refractivity contribution >= 4 is 32.8 Å². The topological polar surface area (TPSA) is 75.7 Å². The third kappa shape index (κ3) is 2.57. The van der Waals surface area contributed by atoms with E-state index in [1.165, 1.54) is 0 Å². The van der Waals surface area contributed by atoms with Crippen LogP contribution in [0, 0.1) is 6.92 Å². The van der Waals surface area contributed by atoms with E-state index in [0.717, 1.165) is 50.6 Å². The zero-order chi connectivity index (χ0) is 19.3. The van der Waals surface area contributed by atoms with Crippen molar-refractivity contribution in [1.82, 2.24) is 19.5 Å². The second-order valence-electron chi connectivity index (χ2n) is 7.12. The predicted molar refractivity (Wildman–Crippen MR) is 111 cm³/mol. The molecule has 28 heavy (non-hydrogen) atoms. The van der Waals surface area contributed by atoms with Crippen molar-refractivity contribution in [3.05, 3.63) is 70.4 Å². The zero-order valence-electron chi connectivity index (χ0n) is 15.7. The van der Waals surface area contributed by atoms with E-state index in [-0.39, 0.29) is 5.56 Å². The third-order valence-corrected chi connectivity index (χ3v) is 5.32. The number of H-pyrrole nitrogens is 2. The monoisotopic (exact) mass is 372 g/mol. The highest BCUT2D eigenvalue weighted by molar-refractivity contribution is 6.04. The highest BCUT2D eigenvalue weighted by atomic mass is 16.5. The summed E-state index contributed by atoms with van der Waals surface area (Å²) in [6.45, 7) is 2.59. The molecule has 0 unspecified atom stereocenters. The van der Waals surface area contributed by atoms with Crippen LogP contribution in [-0.4, -0.2) is 26.6 Å². The average Bonchev–Trinajstić information content (AvgIpc) is 3.28. The van der Waals surface area contributed by atoms with Crippen molar-refractivity contribution in [3.8, 4) is 5.75 Å². The summed E-state index contributed by atoms with van der Waals surface area (Å²) in [5.74, 6) is 0.821. The number of ether oxygens (including phenoxy) is 1. The highest BCUT2D eigenvalue weighted by Gasteiger charge is 2.12. The SMILES string of the molecule is COc1ccc2[nH]cc(CCn3cnc4c([nH]c5ccc(C)cc54)c3=O)c2c1. The van der Waals surface area contributed by atoms with Crippen LogP contribution in [0.1, 0.15) is 11.1 Å². The van der Waals surface area contributed by atoms with Crippen molar-refractivity contribution in [3.63, 3.8) is 0 Å². The minimum Gasteiger partial charge on any atom is -0.497 e. The fourth-order valence-electron chi connectivity index (χ4n) is 3.80. The number of nitrogens with one attached hydrogen (secondary N) is 2. The van der Waals surface area contributed by atoms with Crippen LogP contribution in [0.15, 0.2) is 53.7 Å². The van der Waals surface area contributed by atoms with E-state index in [2.05, 4.69) is 21.0 Å². The lowest BCUT2D eigenvalue weighted by molar-refractivity contribution is 0.415. The molecule has 0 radical (unpaired) electrons. The number of fused-ring (bicyclic) bond motifs is 4. The Balaban J connectivity index is 1.51. The van der Waals surface area contributed by atoms with Crippen molar-refractivity contribution in [2.75, 3.05) is 7.11 Å². The molecule has 0 aliphatic carbocycles. The Morgan fingerprint density at radius 2 is 1.96 bits per heavy atom. The first kappa shape index (κ1) is 16.6. The lowest BCUT2D eigenvalue weighted by Gasteiger charge is -2.05. The number of aromatic amines is 2. The molecule has 2 aromatic carbocycles. The molecule has 0 atom stereocenters. The number of rotatable bonds is 4. The molecule has 5 aromatic rings. The highest BCUT2D eigenvalue weighted by Crippen LogP contribution is 2.25. The second-order valence-corrected chi connectivity index (χ2v) is 7.12. The Kier molecular flexibility index (Phi) is 3.72. The first-order valence-corrected chi connectivity index (χ1v) is 9.25. The number of methoxy groups -OCH3 is 1. The van der Waals surface area contributed by atoms with Gasteiger partial charge in [-0.1, -0.05) is 11.6 Å². The van der Waals surface area contributed by atoms with Gasteiger partial charge in [-0.25, -0.2) is 4.98 Å². The normalized spacial score (nSPS) is 11.6. The van der Waals surface area contributed by atoms with Gasteiger partial charge in [-0.05, 0) is 49.2 Å². The molecule has 0 aliphatic rings. The van der Waals surface area contributed by atoms with Gasteiger partial charge in [0.2, 0.25) is 0 Å². The number of hydrogen-bond donors (Lipinski definition) is 2. The largest absolute Gasteiger partial charge is 0.497 e. The zero-order valence-corrected chi connectivity index (χ0v) is 15.7. The van der Waals surface area contributed by atoms with Crippen LogP contribution in [-0.2, 0) is 13.0 Å². The maximum absolute atomic E-state index is 13.0. The summed E-state index contributed by atoms with van der Waals surface area (Å²) >= 11 is 0. The standard InChI is InChI=1S/C22H20N4O2/c1-13-3-5-19-17(9-13)20-21(25-19)22(27)26(12-24-20)8-7-14-11-23-18-6-4-15(28-2)10-16(14)18/h3-6,9-12,23,25H,7-8H2,1-2H3. The minimum absolute atomic E-state index is 0.0451. The van der Waals surface area contributed by atoms with Crippen molar-refractivity contribution in [1.29, 1.82) is 0 Å². The summed E-state index contributed by atoms with van der Waals surface area (Å²) in [6, 6.07) is 12.0. The van der Waals surface area contributed by atoms with Gasteiger partial charge in [0, 0.05) is 34.5 Å². The molecule has 6 heteroatoms. The fourth-order valence-corrected chi connectivity index (χ4v) is 3.80. The van der Waals surface area contributed by atoms with Gasteiger partial charge < -0.3 is 14.7 Å². The van der Waals surface area contributed by atoms with E-state index < -0.39 is 0 Å². The number of aryl methyl sites for hydroxylation is 3. The molecule has 0 saturated heterocycles. The fraction of sp³-hybridized carbons (Fsp3) is 0.182. The van der Waals surface area contributed by atoms with Gasteiger partial charge in [-0.3, -0.25) is 9.36 Å². The molecular formula is C22H20N4O2. The molecule has 0 bridgehead atoms. The van der Waals surface area contributed by atoms with E-state index in [4.69, 9.17) is 4.74 Å². The summed E-state index contributed by atoms with van der Waals surface area (Å²) in [4.78, 5) is 24.0. The van der Waals surface area contributed by atoms with Gasteiger partial charge in [0.1, 0.15) is 16.8 Å². The Bertz CT molecular complexity index is 1390. The summed E-state index contributed by atoms with van der Waals surface area (Å²) in [6.07, 6.45) is 4.36. The smallest absolute Gasteiger partial charge is 0.277 e. The van der Waals surface area contributed by atoms with Crippen LogP contribution < -0.4 is 10.3 Å². The summed E-state index contributed by atoms with van der Waals surface area (Å²) in [5, 5.41) is 2.10. The molecule has 0 aliphatic heterocycles. The Morgan fingerprint density at radius 1 is 1.11 bits per heavy atom. The minimum atomic E-state index is -0.0451. The molecule has 0 saturated carbocycles. The van der Waals surface area contributed by atoms with E-state index >= 15 is 0 Å². The van der Waals surface area contributed by atoms with Crippen LogP contribution in [0.4, 0.5) is 0 Å². The molecule has 3 aromatic heterocycles. The lowest BCUT2D eigenvalue weighted by atomic mass is 10.1. The third-order valence-electron chi connectivity index (χ3n) is 5.32. The molecule has 5 rings (SSSR count). The Hall–Kier alpha value is -3.54. The number of nitrogens with zero attached hydrogens (tertiary/aromatic N) is 2. The number of aromatic nitrogens is 4. The Morgan fingerprint density at radius 3 is 2.82 bits per heavy atom. The molecule has 0 fully saturated rings. The molecule has 140 valence electrons. The predicted octanol–water partition coefficient (Wildman–Crippen LogP) is 3.92. The summed E-state index contributed by atoms with van der Waals surface area (Å²) in [7, 11) is 1.66. The van der Waals surface area contributed by atoms with Crippen LogP contribution in [0.3, 0.4) is 0 Å². The van der Waals surface area contributed by atoms with Crippen molar-refractivity contribution in [2.24, 2.45) is 0 Å². The van der Waals surface area contributed by atoms with Crippen LogP contribution >= 0.6 is 0 Å². The maximum Gasteiger partial charge on any atom is 0.277 e. The molecule has 0 amide bonds. The van der Waals surface area contributed by atoms with Crippen LogP contribution in [0.2, 0.25) is 0 Å². The van der Waals surface area contributed by atoms with Gasteiger partial charge in [0.15, 0.2) is 0 Å². The van der Waals surface area contributed by atoms with Gasteiger partial charge in [-0.2, -0.15) is 0 Å². The molecule has 0 spiro atoms. The van der Waals surface area contributed by atoms with Crippen LogP contribution in [0.5, 0.6) is 5.75 Å². The lowest BCUT2D eigenvalue weighted by Crippen LogP contribution is -2.21. The van der Waals surface area contributed by atoms with E-state index in [1.807, 2.05) is 43.5 Å². The second kappa shape index (κ2) is 6.27. The molecular weight excluding hydrogens is 352 g/mol. The maximum atomic E-state index is 13.0. The number of benzene rings is 2. The van der Waals surface area contributed by atoms with E-state index in [0.29, 0.717) is 12.1 Å². The first-order chi connectivity index (χ1) is 13.6. The molecule has 2 N–H and O–H groups in total. The van der Waals surface area contributed by atoms with E-state index in [9.17, 15) is 4.79 Å². The summed E-state index contributed by atoms with van der Waals surface area (Å²) < 4.78 is 7.00. The molecule has 3 heterocycles. The van der Waals surface area contributed by atoms with Crippen molar-refractivity contribution < 1.29 is 4.74 Å². The van der Waals surface area contributed by atoms with E-state index in [1.54, 1.807) is 18.0 Å². The van der Waals surface area contributed by atoms with Gasteiger partial charge in [0.05, 0.1) is 13.4 Å². The van der Waals surface area contributed by atoms with Gasteiger partial charge >= 0.3 is 0 Å². The first-order valence-electron chi connectivity index (χ1n) is 9.25. The van der Waals surface area contributed by atoms with Gasteiger partial charge in [0.25, 0.3) is 5.56 Å². The summed E-state index contributed by atoms with van der Waals surface area (Å²) in [5.41, 5.74) is 5.54. The average molecular weight is 372 g/mol. The van der Waals surface area contributed by atoms with Crippen LogP contribution in [0.25, 0.3) is 32.8 Å². The Labute approximate surface area is 160 Å². The molecule has 6 nitrogen and oxygen atoms in total. The van der Waals surface area contributed by atoms with Gasteiger partial charge in [-0.15, -0.1) is 0 Å². The quantitative estimate of drug-likeness (QED) is 0.502.